The summed E-state index contributed by atoms with van der Waals surface area (Å²) < 4.78 is 8.92. The van der Waals surface area contributed by atoms with Crippen molar-refractivity contribution in [2.45, 2.75) is 0 Å². The number of furan rings is 1. The number of hydrogen-bond acceptors (Lipinski definition) is 4. The molecular formula is C64H38N2OS. The summed E-state index contributed by atoms with van der Waals surface area (Å²) in [6, 6.07) is 83.0. The molecule has 0 aliphatic rings. The summed E-state index contributed by atoms with van der Waals surface area (Å²) in [5.41, 5.74) is 13.3. The quantitative estimate of drug-likeness (QED) is 0.167. The molecule has 0 atom stereocenters. The molecule has 0 radical (unpaired) electrons. The van der Waals surface area contributed by atoms with Crippen LogP contribution in [0.3, 0.4) is 0 Å². The Kier molecular flexibility index (Phi) is 8.76. The van der Waals surface area contributed by atoms with E-state index in [0.717, 1.165) is 72.1 Å². The van der Waals surface area contributed by atoms with Crippen molar-refractivity contribution in [3.63, 3.8) is 0 Å². The number of hydrogen-bond donors (Lipinski definition) is 0. The maximum atomic E-state index is 6.27. The van der Waals surface area contributed by atoms with Crippen LogP contribution in [-0.2, 0) is 0 Å². The minimum Gasteiger partial charge on any atom is -0.456 e. The molecule has 0 unspecified atom stereocenters. The van der Waals surface area contributed by atoms with Crippen LogP contribution in [-0.4, -0.2) is 9.97 Å². The maximum absolute atomic E-state index is 6.27. The van der Waals surface area contributed by atoms with Crippen molar-refractivity contribution in [3.8, 4) is 67.3 Å². The molecule has 3 aromatic heterocycles. The zero-order chi connectivity index (χ0) is 44.7. The van der Waals surface area contributed by atoms with Gasteiger partial charge >= 0.3 is 0 Å². The lowest BCUT2D eigenvalue weighted by Gasteiger charge is -2.14. The number of para-hydroxylation sites is 1. The molecule has 3 nitrogen and oxygen atoms in total. The monoisotopic (exact) mass is 882 g/mol. The normalized spacial score (nSPS) is 11.8. The standard InChI is InChI=1S/C64H38N2OS/c1-2-12-39(13-3-1)46-32-48(52-21-10-15-40-14-4-5-17-50(40)52)34-49(33-46)64-65-58(38-59(66-64)45-27-29-61-56(35-45)54-18-6-8-22-60(54)67-61)44-26-28-53-42(30-44)16-11-20-51(53)43-25-24-41-37-63-57(36-47(41)31-43)55-19-7-9-23-62(55)68-63/h1-38H. The van der Waals surface area contributed by atoms with Crippen LogP contribution in [0.4, 0.5) is 0 Å². The molecule has 14 aromatic rings. The first-order valence-electron chi connectivity index (χ1n) is 23.0. The predicted molar refractivity (Wildman–Crippen MR) is 287 cm³/mol. The Hall–Kier alpha value is -8.70. The zero-order valence-electron chi connectivity index (χ0n) is 36.7. The molecule has 0 bridgehead atoms. The third-order valence-electron chi connectivity index (χ3n) is 13.6. The van der Waals surface area contributed by atoms with Crippen LogP contribution in [0, 0.1) is 0 Å². The first-order chi connectivity index (χ1) is 33.6. The van der Waals surface area contributed by atoms with Crippen LogP contribution >= 0.6 is 11.3 Å². The molecule has 3 heterocycles. The molecule has 316 valence electrons. The van der Waals surface area contributed by atoms with Gasteiger partial charge in [-0.3, -0.25) is 0 Å². The molecule has 68 heavy (non-hydrogen) atoms. The fourth-order valence-corrected chi connectivity index (χ4v) is 11.4. The number of nitrogens with zero attached hydrogens (tertiary/aromatic N) is 2. The molecule has 11 aromatic carbocycles. The lowest BCUT2D eigenvalue weighted by Crippen LogP contribution is -1.97. The van der Waals surface area contributed by atoms with Crippen molar-refractivity contribution >= 4 is 85.8 Å². The molecule has 14 rings (SSSR count). The van der Waals surface area contributed by atoms with E-state index in [2.05, 4.69) is 218 Å². The molecule has 0 saturated heterocycles. The van der Waals surface area contributed by atoms with Gasteiger partial charge in [-0.05, 0) is 145 Å². The Bertz CT molecular complexity index is 4330. The Labute approximate surface area is 395 Å². The largest absolute Gasteiger partial charge is 0.456 e. The van der Waals surface area contributed by atoms with E-state index in [-0.39, 0.29) is 0 Å². The summed E-state index contributed by atoms with van der Waals surface area (Å²) >= 11 is 1.86. The number of fused-ring (bicyclic) bond motifs is 9. The summed E-state index contributed by atoms with van der Waals surface area (Å²) in [6.45, 7) is 0. The van der Waals surface area contributed by atoms with Crippen molar-refractivity contribution in [1.29, 1.82) is 0 Å². The van der Waals surface area contributed by atoms with Gasteiger partial charge in [0.1, 0.15) is 11.2 Å². The minimum absolute atomic E-state index is 0.659. The van der Waals surface area contributed by atoms with Gasteiger partial charge < -0.3 is 4.42 Å². The van der Waals surface area contributed by atoms with Crippen LogP contribution in [0.15, 0.2) is 235 Å². The zero-order valence-corrected chi connectivity index (χ0v) is 37.5. The summed E-state index contributed by atoms with van der Waals surface area (Å²) in [5, 5.41) is 12.0. The molecule has 0 amide bonds. The molecule has 0 N–H and O–H groups in total. The number of rotatable bonds is 6. The van der Waals surface area contributed by atoms with E-state index >= 15 is 0 Å². The molecule has 0 saturated carbocycles. The lowest BCUT2D eigenvalue weighted by molar-refractivity contribution is 0.669. The Morgan fingerprint density at radius 2 is 0.912 bits per heavy atom. The van der Waals surface area contributed by atoms with E-state index in [0.29, 0.717) is 5.82 Å². The average Bonchev–Trinajstić information content (AvgIpc) is 3.97. The minimum atomic E-state index is 0.659. The van der Waals surface area contributed by atoms with E-state index in [4.69, 9.17) is 14.4 Å². The number of thiophene rings is 1. The van der Waals surface area contributed by atoms with Gasteiger partial charge in [0.05, 0.1) is 11.4 Å². The molecular weight excluding hydrogens is 845 g/mol. The van der Waals surface area contributed by atoms with Crippen LogP contribution in [0.5, 0.6) is 0 Å². The summed E-state index contributed by atoms with van der Waals surface area (Å²) in [6.07, 6.45) is 0. The predicted octanol–water partition coefficient (Wildman–Crippen LogP) is 18.2. The van der Waals surface area contributed by atoms with Crippen LogP contribution < -0.4 is 0 Å². The Balaban J connectivity index is 0.943. The first-order valence-corrected chi connectivity index (χ1v) is 23.8. The molecule has 0 aliphatic carbocycles. The summed E-state index contributed by atoms with van der Waals surface area (Å²) in [5.74, 6) is 0.659. The highest BCUT2D eigenvalue weighted by Gasteiger charge is 2.18. The van der Waals surface area contributed by atoms with Gasteiger partial charge in [0.25, 0.3) is 0 Å². The van der Waals surface area contributed by atoms with Gasteiger partial charge in [-0.2, -0.15) is 0 Å². The Morgan fingerprint density at radius 1 is 0.279 bits per heavy atom. The van der Waals surface area contributed by atoms with E-state index in [1.807, 2.05) is 23.5 Å². The first kappa shape index (κ1) is 38.6. The number of aromatic nitrogens is 2. The van der Waals surface area contributed by atoms with E-state index in [1.165, 1.54) is 63.8 Å². The second-order valence-electron chi connectivity index (χ2n) is 17.7. The van der Waals surface area contributed by atoms with Gasteiger partial charge in [-0.15, -0.1) is 11.3 Å². The van der Waals surface area contributed by atoms with Crippen LogP contribution in [0.2, 0.25) is 0 Å². The highest BCUT2D eigenvalue weighted by molar-refractivity contribution is 7.25. The van der Waals surface area contributed by atoms with E-state index in [9.17, 15) is 0 Å². The van der Waals surface area contributed by atoms with Crippen LogP contribution in [0.25, 0.3) is 142 Å². The van der Waals surface area contributed by atoms with Crippen molar-refractivity contribution < 1.29 is 4.42 Å². The van der Waals surface area contributed by atoms with Gasteiger partial charge in [0.2, 0.25) is 0 Å². The van der Waals surface area contributed by atoms with Crippen molar-refractivity contribution in [3.05, 3.63) is 231 Å². The topological polar surface area (TPSA) is 38.9 Å². The molecule has 0 aliphatic heterocycles. The van der Waals surface area contributed by atoms with Crippen molar-refractivity contribution in [1.82, 2.24) is 9.97 Å². The van der Waals surface area contributed by atoms with Gasteiger partial charge in [-0.25, -0.2) is 9.97 Å². The average molecular weight is 883 g/mol. The highest BCUT2D eigenvalue weighted by Crippen LogP contribution is 2.41. The second-order valence-corrected chi connectivity index (χ2v) is 18.8. The second kappa shape index (κ2) is 15.5. The van der Waals surface area contributed by atoms with Crippen molar-refractivity contribution in [2.24, 2.45) is 0 Å². The third kappa shape index (κ3) is 6.49. The smallest absolute Gasteiger partial charge is 0.160 e. The maximum Gasteiger partial charge on any atom is 0.160 e. The Morgan fingerprint density at radius 3 is 1.79 bits per heavy atom. The molecule has 0 fully saturated rings. The molecule has 4 heteroatoms. The van der Waals surface area contributed by atoms with Gasteiger partial charge in [0, 0.05) is 47.6 Å². The summed E-state index contributed by atoms with van der Waals surface area (Å²) in [7, 11) is 0. The lowest BCUT2D eigenvalue weighted by atomic mass is 9.92. The van der Waals surface area contributed by atoms with Gasteiger partial charge in [0.15, 0.2) is 5.82 Å². The van der Waals surface area contributed by atoms with Crippen molar-refractivity contribution in [2.75, 3.05) is 0 Å². The van der Waals surface area contributed by atoms with Gasteiger partial charge in [-0.1, -0.05) is 152 Å². The summed E-state index contributed by atoms with van der Waals surface area (Å²) in [4.78, 5) is 10.9. The molecule has 0 spiro atoms. The SMILES string of the molecule is c1ccc(-c2cc(-c3nc(-c4ccc5c(-c6ccc7cc8sc9ccccc9c8cc7c6)cccc5c4)cc(-c4ccc5oc6ccccc6c5c4)n3)cc(-c3cccc4ccccc34)c2)cc1. The van der Waals surface area contributed by atoms with E-state index in [1.54, 1.807) is 0 Å². The number of benzene rings is 11. The van der Waals surface area contributed by atoms with Crippen LogP contribution in [0.1, 0.15) is 0 Å². The fourth-order valence-electron chi connectivity index (χ4n) is 10.3. The van der Waals surface area contributed by atoms with E-state index < -0.39 is 0 Å². The highest BCUT2D eigenvalue weighted by atomic mass is 32.1. The fraction of sp³-hybridized carbons (Fsp3) is 0. The third-order valence-corrected chi connectivity index (χ3v) is 14.8.